The first-order valence-corrected chi connectivity index (χ1v) is 13.8. The van der Waals surface area contributed by atoms with Gasteiger partial charge in [0.15, 0.2) is 0 Å². The van der Waals surface area contributed by atoms with E-state index in [0.29, 0.717) is 23.0 Å². The molecule has 6 rings (SSSR count). The molecule has 2 N–H and O–H groups in total. The van der Waals surface area contributed by atoms with Gasteiger partial charge in [0.1, 0.15) is 17.1 Å². The van der Waals surface area contributed by atoms with Gasteiger partial charge in [-0.05, 0) is 113 Å². The molecule has 0 radical (unpaired) electrons. The van der Waals surface area contributed by atoms with Crippen LogP contribution in [-0.4, -0.2) is 15.7 Å². The Balaban J connectivity index is 1.48. The Morgan fingerprint density at radius 1 is 1.17 bits per heavy atom. The van der Waals surface area contributed by atoms with Crippen LogP contribution in [0.15, 0.2) is 35.9 Å². The fraction of sp³-hybridized carbons (Fsp3) is 0.515. The van der Waals surface area contributed by atoms with Crippen molar-refractivity contribution in [1.29, 1.82) is 0 Å². The lowest BCUT2D eigenvalue weighted by atomic mass is 9.76. The van der Waals surface area contributed by atoms with Crippen molar-refractivity contribution in [2.75, 3.05) is 0 Å². The molecular weight excluding hydrogens is 442 g/mol. The van der Waals surface area contributed by atoms with Crippen LogP contribution in [0.4, 0.5) is 0 Å². The quantitative estimate of drug-likeness (QED) is 0.356. The molecule has 2 saturated carbocycles. The average Bonchev–Trinajstić information content (AvgIpc) is 3.37. The van der Waals surface area contributed by atoms with E-state index in [0.717, 1.165) is 47.2 Å². The van der Waals surface area contributed by atoms with Gasteiger partial charge in [0.05, 0.1) is 11.0 Å². The standard InChI is InChI=1S/C33H41NO2/c1-19(2)9-8-13-31(6)14-12-23-28-24(17-21(5)30(23)36-31)22-10-11-25(35)27(29(22)34-28)32(7)15-16-33(20(3)4)18-26(32)33/h9-12,14,17,20,26,34-35H,8,13,15-16,18H2,1-7H3/t26-,31+,32-,33-/m0/s1. The van der Waals surface area contributed by atoms with Crippen LogP contribution >= 0.6 is 0 Å². The molecule has 2 aliphatic carbocycles. The number of aryl methyl sites for hydroxylation is 1. The van der Waals surface area contributed by atoms with Gasteiger partial charge in [0.2, 0.25) is 0 Å². The predicted molar refractivity (Wildman–Crippen MR) is 151 cm³/mol. The van der Waals surface area contributed by atoms with Crippen molar-refractivity contribution in [1.82, 2.24) is 4.98 Å². The lowest BCUT2D eigenvalue weighted by molar-refractivity contribution is 0.128. The fourth-order valence-electron chi connectivity index (χ4n) is 7.77. The number of allylic oxidation sites excluding steroid dienone is 2. The number of benzene rings is 2. The van der Waals surface area contributed by atoms with Gasteiger partial charge in [-0.2, -0.15) is 0 Å². The Morgan fingerprint density at radius 3 is 2.61 bits per heavy atom. The monoisotopic (exact) mass is 483 g/mol. The Kier molecular flexibility index (Phi) is 5.05. The molecule has 3 nitrogen and oxygen atoms in total. The van der Waals surface area contributed by atoms with E-state index in [2.05, 4.69) is 83.8 Å². The third kappa shape index (κ3) is 3.24. The Morgan fingerprint density at radius 2 is 1.94 bits per heavy atom. The van der Waals surface area contributed by atoms with Crippen LogP contribution < -0.4 is 4.74 Å². The Bertz CT molecular complexity index is 1450. The largest absolute Gasteiger partial charge is 0.508 e. The van der Waals surface area contributed by atoms with E-state index in [4.69, 9.17) is 4.74 Å². The summed E-state index contributed by atoms with van der Waals surface area (Å²) in [7, 11) is 0. The highest BCUT2D eigenvalue weighted by Gasteiger charge is 2.68. The summed E-state index contributed by atoms with van der Waals surface area (Å²) in [4.78, 5) is 3.81. The number of rotatable bonds is 5. The number of hydrogen-bond acceptors (Lipinski definition) is 2. The summed E-state index contributed by atoms with van der Waals surface area (Å²) < 4.78 is 6.69. The molecule has 190 valence electrons. The number of H-pyrrole nitrogens is 1. The number of nitrogens with one attached hydrogen (secondary N) is 1. The zero-order chi connectivity index (χ0) is 25.6. The number of aromatic hydroxyl groups is 1. The van der Waals surface area contributed by atoms with E-state index in [1.54, 1.807) is 0 Å². The molecule has 0 spiro atoms. The average molecular weight is 484 g/mol. The first-order chi connectivity index (χ1) is 17.0. The van der Waals surface area contributed by atoms with Crippen LogP contribution in [0.3, 0.4) is 0 Å². The van der Waals surface area contributed by atoms with Crippen molar-refractivity contribution in [2.45, 2.75) is 91.6 Å². The third-order valence-corrected chi connectivity index (χ3v) is 10.1. The zero-order valence-electron chi connectivity index (χ0n) is 23.0. The molecule has 36 heavy (non-hydrogen) atoms. The van der Waals surface area contributed by atoms with Crippen molar-refractivity contribution < 1.29 is 9.84 Å². The van der Waals surface area contributed by atoms with Gasteiger partial charge in [0.25, 0.3) is 0 Å². The highest BCUT2D eigenvalue weighted by atomic mass is 16.5. The molecule has 3 aliphatic rings. The molecule has 0 unspecified atom stereocenters. The van der Waals surface area contributed by atoms with Gasteiger partial charge in [-0.1, -0.05) is 32.4 Å². The predicted octanol–water partition coefficient (Wildman–Crippen LogP) is 8.96. The van der Waals surface area contributed by atoms with Gasteiger partial charge in [0, 0.05) is 27.3 Å². The van der Waals surface area contributed by atoms with Crippen LogP contribution in [0.1, 0.15) is 90.3 Å². The summed E-state index contributed by atoms with van der Waals surface area (Å²) in [6.07, 6.45) is 12.4. The highest BCUT2D eigenvalue weighted by molar-refractivity contribution is 6.12. The van der Waals surface area contributed by atoms with Crippen LogP contribution in [0.25, 0.3) is 27.9 Å². The van der Waals surface area contributed by atoms with Gasteiger partial charge >= 0.3 is 0 Å². The first-order valence-electron chi connectivity index (χ1n) is 13.8. The Hall–Kier alpha value is -2.68. The number of phenolic OH excluding ortho intramolecular Hbond substituents is 1. The lowest BCUT2D eigenvalue weighted by Gasteiger charge is -2.32. The minimum absolute atomic E-state index is 0.000314. The van der Waals surface area contributed by atoms with Crippen molar-refractivity contribution in [3.63, 3.8) is 0 Å². The van der Waals surface area contributed by atoms with Crippen molar-refractivity contribution in [3.8, 4) is 11.5 Å². The fourth-order valence-corrected chi connectivity index (χ4v) is 7.77. The van der Waals surface area contributed by atoms with Crippen molar-refractivity contribution in [3.05, 3.63) is 52.6 Å². The number of phenols is 1. The summed E-state index contributed by atoms with van der Waals surface area (Å²) >= 11 is 0. The van der Waals surface area contributed by atoms with E-state index in [-0.39, 0.29) is 11.0 Å². The maximum atomic E-state index is 11.2. The molecule has 0 bridgehead atoms. The van der Waals surface area contributed by atoms with E-state index in [1.165, 1.54) is 34.8 Å². The summed E-state index contributed by atoms with van der Waals surface area (Å²) in [5.74, 6) is 2.76. The number of fused-ring (bicyclic) bond motifs is 6. The molecule has 1 aliphatic heterocycles. The molecule has 1 aromatic heterocycles. The molecule has 2 aromatic carbocycles. The summed E-state index contributed by atoms with van der Waals surface area (Å²) in [5.41, 5.74) is 7.14. The van der Waals surface area contributed by atoms with Crippen molar-refractivity contribution >= 4 is 27.9 Å². The maximum Gasteiger partial charge on any atom is 0.132 e. The Labute approximate surface area is 215 Å². The molecule has 0 amide bonds. The maximum absolute atomic E-state index is 11.2. The van der Waals surface area contributed by atoms with Crippen LogP contribution in [0, 0.1) is 24.2 Å². The second-order valence-electron chi connectivity index (χ2n) is 13.0. The zero-order valence-corrected chi connectivity index (χ0v) is 23.0. The number of aromatic nitrogens is 1. The van der Waals surface area contributed by atoms with E-state index in [9.17, 15) is 5.11 Å². The molecular formula is C33H41NO2. The summed E-state index contributed by atoms with van der Waals surface area (Å²) in [5, 5.41) is 13.7. The minimum atomic E-state index is -0.309. The van der Waals surface area contributed by atoms with Gasteiger partial charge in [-0.3, -0.25) is 0 Å². The number of ether oxygens (including phenoxy) is 1. The molecule has 3 aromatic rings. The van der Waals surface area contributed by atoms with E-state index >= 15 is 0 Å². The van der Waals surface area contributed by atoms with Gasteiger partial charge < -0.3 is 14.8 Å². The van der Waals surface area contributed by atoms with Gasteiger partial charge in [-0.25, -0.2) is 0 Å². The minimum Gasteiger partial charge on any atom is -0.508 e. The smallest absolute Gasteiger partial charge is 0.132 e. The third-order valence-electron chi connectivity index (χ3n) is 10.1. The van der Waals surface area contributed by atoms with E-state index in [1.807, 2.05) is 6.07 Å². The molecule has 2 fully saturated rings. The second-order valence-corrected chi connectivity index (χ2v) is 13.0. The SMILES string of the molecule is CC(C)=CCC[C@]1(C)C=Cc2c(c(C)cc3c2[nH]c2c([C@@]4(C)CC[C@@]5(C(C)C)C[C@H]54)c(O)ccc23)O1. The normalized spacial score (nSPS) is 30.5. The summed E-state index contributed by atoms with van der Waals surface area (Å²) in [6, 6.07) is 6.29. The van der Waals surface area contributed by atoms with E-state index < -0.39 is 0 Å². The molecule has 4 atom stereocenters. The second kappa shape index (κ2) is 7.66. The van der Waals surface area contributed by atoms with Crippen LogP contribution in [0.2, 0.25) is 0 Å². The lowest BCUT2D eigenvalue weighted by Crippen LogP contribution is -2.32. The topological polar surface area (TPSA) is 45.2 Å². The van der Waals surface area contributed by atoms with Gasteiger partial charge in [-0.15, -0.1) is 0 Å². The molecule has 3 heteroatoms. The molecule has 0 saturated heterocycles. The van der Waals surface area contributed by atoms with Crippen LogP contribution in [0.5, 0.6) is 11.5 Å². The number of hydrogen-bond donors (Lipinski definition) is 2. The first kappa shape index (κ1) is 23.7. The highest BCUT2D eigenvalue weighted by Crippen LogP contribution is 2.75. The number of aromatic amines is 1. The summed E-state index contributed by atoms with van der Waals surface area (Å²) in [6.45, 7) is 15.8. The van der Waals surface area contributed by atoms with Crippen molar-refractivity contribution in [2.24, 2.45) is 17.3 Å². The van der Waals surface area contributed by atoms with Crippen LogP contribution in [-0.2, 0) is 5.41 Å². The molecule has 2 heterocycles.